The van der Waals surface area contributed by atoms with Gasteiger partial charge in [-0.2, -0.15) is 0 Å². The molecule has 5 aromatic rings. The van der Waals surface area contributed by atoms with Crippen molar-refractivity contribution >= 4 is 45.7 Å². The minimum Gasteiger partial charge on any atom is -0.451 e. The lowest BCUT2D eigenvalue weighted by molar-refractivity contribution is 0.0998. The molecule has 5 rings (SSSR count). The number of anilines is 1. The maximum absolute atomic E-state index is 13.2. The first-order valence-electron chi connectivity index (χ1n) is 9.78. The minimum absolute atomic E-state index is 0.306. The number of hydrogen-bond donors (Lipinski definition) is 1. The number of thioether (sulfide) groups is 1. The van der Waals surface area contributed by atoms with Crippen LogP contribution in [0.15, 0.2) is 93.3 Å². The van der Waals surface area contributed by atoms with Gasteiger partial charge in [0, 0.05) is 40.8 Å². The summed E-state index contributed by atoms with van der Waals surface area (Å²) in [4.78, 5) is 21.2. The zero-order valence-corrected chi connectivity index (χ0v) is 18.4. The number of furan rings is 1. The predicted octanol–water partition coefficient (Wildman–Crippen LogP) is 6.62. The summed E-state index contributed by atoms with van der Waals surface area (Å²) in [6.07, 6.45) is 4.65. The lowest BCUT2D eigenvalue weighted by Crippen LogP contribution is -2.12. The molecule has 0 saturated carbocycles. The Balaban J connectivity index is 1.39. The van der Waals surface area contributed by atoms with E-state index in [-0.39, 0.29) is 5.91 Å². The number of amides is 1. The van der Waals surface area contributed by atoms with Crippen LogP contribution in [-0.2, 0) is 5.75 Å². The first kappa shape index (κ1) is 20.3. The molecule has 3 aromatic heterocycles. The van der Waals surface area contributed by atoms with Gasteiger partial charge in [-0.15, -0.1) is 23.1 Å². The summed E-state index contributed by atoms with van der Waals surface area (Å²) in [6.45, 7) is 0. The number of nitrogens with zero attached hydrogens (tertiary/aromatic N) is 2. The van der Waals surface area contributed by atoms with Crippen LogP contribution in [0.2, 0.25) is 0 Å². The maximum Gasteiger partial charge on any atom is 0.291 e. The summed E-state index contributed by atoms with van der Waals surface area (Å²) in [7, 11) is 0. The SMILES string of the molecule is O=C(Nc1cccc(Oc2cnccn2)c1)c1oc2ccccc2c1CSc1cccs1. The van der Waals surface area contributed by atoms with Gasteiger partial charge >= 0.3 is 0 Å². The molecule has 32 heavy (non-hydrogen) atoms. The monoisotopic (exact) mass is 459 g/mol. The van der Waals surface area contributed by atoms with E-state index in [4.69, 9.17) is 9.15 Å². The molecule has 0 unspecified atom stereocenters. The molecule has 0 spiro atoms. The Bertz CT molecular complexity index is 1350. The van der Waals surface area contributed by atoms with Gasteiger partial charge < -0.3 is 14.5 Å². The smallest absolute Gasteiger partial charge is 0.291 e. The second-order valence-corrected chi connectivity index (χ2v) is 8.98. The maximum atomic E-state index is 13.2. The molecule has 8 heteroatoms. The Labute approximate surface area is 192 Å². The lowest BCUT2D eigenvalue weighted by Gasteiger charge is -2.08. The highest BCUT2D eigenvalue weighted by molar-refractivity contribution is 8.00. The largest absolute Gasteiger partial charge is 0.451 e. The van der Waals surface area contributed by atoms with Crippen molar-refractivity contribution in [3.63, 3.8) is 0 Å². The molecular weight excluding hydrogens is 442 g/mol. The van der Waals surface area contributed by atoms with Crippen LogP contribution >= 0.6 is 23.1 Å². The van der Waals surface area contributed by atoms with Crippen LogP contribution < -0.4 is 10.1 Å². The van der Waals surface area contributed by atoms with E-state index < -0.39 is 0 Å². The molecule has 0 aliphatic heterocycles. The third kappa shape index (κ3) is 4.51. The molecule has 3 heterocycles. The van der Waals surface area contributed by atoms with Crippen molar-refractivity contribution in [2.45, 2.75) is 9.96 Å². The molecule has 0 aliphatic carbocycles. The molecule has 2 aromatic carbocycles. The number of thiophene rings is 1. The third-order valence-electron chi connectivity index (χ3n) is 4.61. The number of ether oxygens (including phenoxy) is 1. The Morgan fingerprint density at radius 3 is 2.88 bits per heavy atom. The number of carbonyl (C=O) groups excluding carboxylic acids is 1. The second kappa shape index (κ2) is 9.25. The summed E-state index contributed by atoms with van der Waals surface area (Å²) in [5.74, 6) is 1.56. The van der Waals surface area contributed by atoms with Gasteiger partial charge in [-0.3, -0.25) is 9.78 Å². The average Bonchev–Trinajstić information content (AvgIpc) is 3.46. The highest BCUT2D eigenvalue weighted by Crippen LogP contribution is 2.34. The van der Waals surface area contributed by atoms with Crippen LogP contribution in [0.25, 0.3) is 11.0 Å². The van der Waals surface area contributed by atoms with Gasteiger partial charge in [0.15, 0.2) is 5.76 Å². The van der Waals surface area contributed by atoms with Crippen molar-refractivity contribution in [1.82, 2.24) is 9.97 Å². The number of carbonyl (C=O) groups is 1. The number of hydrogen-bond acceptors (Lipinski definition) is 7. The predicted molar refractivity (Wildman–Crippen MR) is 127 cm³/mol. The minimum atomic E-state index is -0.306. The van der Waals surface area contributed by atoms with E-state index in [9.17, 15) is 4.79 Å². The fourth-order valence-corrected chi connectivity index (χ4v) is 5.01. The van der Waals surface area contributed by atoms with Gasteiger partial charge in [0.1, 0.15) is 11.3 Å². The summed E-state index contributed by atoms with van der Waals surface area (Å²) in [5, 5.41) is 5.91. The van der Waals surface area contributed by atoms with Gasteiger partial charge in [0.05, 0.1) is 10.4 Å². The number of aromatic nitrogens is 2. The Hall–Kier alpha value is -3.62. The number of fused-ring (bicyclic) bond motifs is 1. The molecule has 0 saturated heterocycles. The number of benzene rings is 2. The molecule has 1 N–H and O–H groups in total. The molecule has 0 atom stereocenters. The van der Waals surface area contributed by atoms with Crippen molar-refractivity contribution in [2.75, 3.05) is 5.32 Å². The molecule has 0 radical (unpaired) electrons. The van der Waals surface area contributed by atoms with E-state index in [1.807, 2.05) is 35.7 Å². The molecule has 1 amide bonds. The standard InChI is InChI=1S/C24H17N3O3S2/c28-24(27-16-5-3-6-17(13-16)29-21-14-25-10-11-26-21)23-19(15-32-22-9-4-12-31-22)18-7-1-2-8-20(18)30-23/h1-14H,15H2,(H,27,28). The van der Waals surface area contributed by atoms with E-state index in [2.05, 4.69) is 21.4 Å². The van der Waals surface area contributed by atoms with Crippen molar-refractivity contribution in [3.05, 3.63) is 96.0 Å². The quantitative estimate of drug-likeness (QED) is 0.276. The summed E-state index contributed by atoms with van der Waals surface area (Å²) < 4.78 is 12.9. The van der Waals surface area contributed by atoms with Gasteiger partial charge in [-0.25, -0.2) is 4.98 Å². The first-order valence-corrected chi connectivity index (χ1v) is 11.6. The van der Waals surface area contributed by atoms with Crippen molar-refractivity contribution < 1.29 is 13.9 Å². The molecule has 158 valence electrons. The van der Waals surface area contributed by atoms with Crippen molar-refractivity contribution in [1.29, 1.82) is 0 Å². The molecule has 6 nitrogen and oxygen atoms in total. The van der Waals surface area contributed by atoms with Gasteiger partial charge in [0.2, 0.25) is 5.88 Å². The molecule has 0 bridgehead atoms. The summed E-state index contributed by atoms with van der Waals surface area (Å²) in [5.41, 5.74) is 2.16. The van der Waals surface area contributed by atoms with Gasteiger partial charge in [0.25, 0.3) is 5.91 Å². The zero-order valence-electron chi connectivity index (χ0n) is 16.7. The fourth-order valence-electron chi connectivity index (χ4n) is 3.20. The van der Waals surface area contributed by atoms with E-state index in [0.717, 1.165) is 10.9 Å². The fraction of sp³-hybridized carbons (Fsp3) is 0.0417. The van der Waals surface area contributed by atoms with Crippen LogP contribution in [0.1, 0.15) is 16.1 Å². The summed E-state index contributed by atoms with van der Waals surface area (Å²) >= 11 is 3.36. The van der Waals surface area contributed by atoms with Crippen molar-refractivity contribution in [3.8, 4) is 11.6 Å². The number of rotatable bonds is 7. The molecular formula is C24H17N3O3S2. The molecule has 0 fully saturated rings. The van der Waals surface area contributed by atoms with Crippen LogP contribution in [0.4, 0.5) is 5.69 Å². The van der Waals surface area contributed by atoms with E-state index >= 15 is 0 Å². The van der Waals surface area contributed by atoms with Crippen LogP contribution in [0.3, 0.4) is 0 Å². The van der Waals surface area contributed by atoms with Crippen LogP contribution in [-0.4, -0.2) is 15.9 Å². The number of nitrogens with one attached hydrogen (secondary N) is 1. The van der Waals surface area contributed by atoms with Crippen LogP contribution in [0.5, 0.6) is 11.6 Å². The van der Waals surface area contributed by atoms with E-state index in [1.54, 1.807) is 59.8 Å². The third-order valence-corrected chi connectivity index (χ3v) is 6.77. The Kier molecular flexibility index (Phi) is 5.87. The normalized spacial score (nSPS) is 10.9. The average molecular weight is 460 g/mol. The first-order chi connectivity index (χ1) is 15.8. The van der Waals surface area contributed by atoms with Gasteiger partial charge in [-0.1, -0.05) is 30.3 Å². The van der Waals surface area contributed by atoms with Crippen molar-refractivity contribution in [2.24, 2.45) is 0 Å². The summed E-state index contributed by atoms with van der Waals surface area (Å²) in [6, 6.07) is 18.9. The van der Waals surface area contributed by atoms with Gasteiger partial charge in [-0.05, 0) is 29.6 Å². The zero-order chi connectivity index (χ0) is 21.8. The number of para-hydroxylation sites is 1. The highest BCUT2D eigenvalue weighted by atomic mass is 32.2. The Morgan fingerprint density at radius 2 is 2.03 bits per heavy atom. The second-order valence-electron chi connectivity index (χ2n) is 6.75. The van der Waals surface area contributed by atoms with E-state index in [0.29, 0.717) is 34.4 Å². The van der Waals surface area contributed by atoms with Crippen LogP contribution in [0, 0.1) is 0 Å². The van der Waals surface area contributed by atoms with E-state index in [1.165, 1.54) is 10.4 Å². The highest BCUT2D eigenvalue weighted by Gasteiger charge is 2.21. The lowest BCUT2D eigenvalue weighted by atomic mass is 10.1. The molecule has 0 aliphatic rings. The topological polar surface area (TPSA) is 77.2 Å². The Morgan fingerprint density at radius 1 is 1.09 bits per heavy atom.